The molecule has 0 spiro atoms. The summed E-state index contributed by atoms with van der Waals surface area (Å²) in [6.07, 6.45) is 0.216. The zero-order valence-electron chi connectivity index (χ0n) is 13.7. The molecule has 1 aliphatic heterocycles. The molecular weight excluding hydrogens is 324 g/mol. The average molecular weight is 344 g/mol. The standard InChI is InChI=1S/C18H20N2O3S/c1-18(2,14-6-4-3-5-7-14)12-19-24(22,23)15-8-9-16-13(10-15)11-17(21)20-16/h3-10,19H,11-12H2,1-2H3,(H,20,21). The molecule has 1 aliphatic rings. The molecule has 2 N–H and O–H groups in total. The normalized spacial score (nSPS) is 14.3. The summed E-state index contributed by atoms with van der Waals surface area (Å²) in [5.74, 6) is -0.113. The number of carbonyl (C=O) groups is 1. The van der Waals surface area contributed by atoms with Crippen LogP contribution in [0.5, 0.6) is 0 Å². The van der Waals surface area contributed by atoms with Crippen molar-refractivity contribution >= 4 is 21.6 Å². The molecule has 1 heterocycles. The Hall–Kier alpha value is -2.18. The molecule has 1 amide bonds. The number of amides is 1. The van der Waals surface area contributed by atoms with Crippen LogP contribution in [0.1, 0.15) is 25.0 Å². The highest BCUT2D eigenvalue weighted by Crippen LogP contribution is 2.27. The van der Waals surface area contributed by atoms with Crippen molar-refractivity contribution in [2.75, 3.05) is 11.9 Å². The number of hydrogen-bond acceptors (Lipinski definition) is 3. The van der Waals surface area contributed by atoms with Gasteiger partial charge in [0.25, 0.3) is 0 Å². The second-order valence-corrected chi connectivity index (χ2v) is 8.39. The molecule has 6 heteroatoms. The number of fused-ring (bicyclic) bond motifs is 1. The van der Waals surface area contributed by atoms with Gasteiger partial charge in [0.15, 0.2) is 0 Å². The van der Waals surface area contributed by atoms with E-state index in [-0.39, 0.29) is 29.2 Å². The molecule has 0 bridgehead atoms. The number of rotatable bonds is 5. The summed E-state index contributed by atoms with van der Waals surface area (Å²) in [5.41, 5.74) is 2.13. The molecule has 0 atom stereocenters. The first-order valence-electron chi connectivity index (χ1n) is 7.76. The van der Waals surface area contributed by atoms with E-state index < -0.39 is 10.0 Å². The number of carbonyl (C=O) groups excluding carboxylic acids is 1. The second kappa shape index (κ2) is 6.03. The third-order valence-electron chi connectivity index (χ3n) is 4.27. The van der Waals surface area contributed by atoms with Crippen molar-refractivity contribution < 1.29 is 13.2 Å². The predicted octanol–water partition coefficient (Wildman–Crippen LogP) is 2.44. The maximum Gasteiger partial charge on any atom is 0.240 e. The van der Waals surface area contributed by atoms with E-state index in [1.165, 1.54) is 6.07 Å². The fraction of sp³-hybridized carbons (Fsp3) is 0.278. The highest BCUT2D eigenvalue weighted by molar-refractivity contribution is 7.89. The summed E-state index contributed by atoms with van der Waals surface area (Å²) in [4.78, 5) is 11.6. The molecule has 0 unspecified atom stereocenters. The van der Waals surface area contributed by atoms with Crippen molar-refractivity contribution in [2.24, 2.45) is 0 Å². The van der Waals surface area contributed by atoms with E-state index in [9.17, 15) is 13.2 Å². The van der Waals surface area contributed by atoms with E-state index in [0.29, 0.717) is 11.3 Å². The minimum absolute atomic E-state index is 0.113. The second-order valence-electron chi connectivity index (χ2n) is 6.62. The molecule has 0 saturated heterocycles. The molecule has 126 valence electrons. The van der Waals surface area contributed by atoms with Crippen LogP contribution >= 0.6 is 0 Å². The van der Waals surface area contributed by atoms with Crippen molar-refractivity contribution in [3.63, 3.8) is 0 Å². The highest BCUT2D eigenvalue weighted by atomic mass is 32.2. The molecule has 0 saturated carbocycles. The number of anilines is 1. The van der Waals surface area contributed by atoms with Crippen molar-refractivity contribution in [2.45, 2.75) is 30.6 Å². The molecule has 0 radical (unpaired) electrons. The maximum absolute atomic E-state index is 12.6. The van der Waals surface area contributed by atoms with E-state index in [1.54, 1.807) is 12.1 Å². The smallest absolute Gasteiger partial charge is 0.240 e. The van der Waals surface area contributed by atoms with Crippen LogP contribution in [0.25, 0.3) is 0 Å². The lowest BCUT2D eigenvalue weighted by Gasteiger charge is -2.25. The van der Waals surface area contributed by atoms with Crippen LogP contribution in [0.2, 0.25) is 0 Å². The van der Waals surface area contributed by atoms with Gasteiger partial charge in [0.1, 0.15) is 0 Å². The fourth-order valence-electron chi connectivity index (χ4n) is 2.72. The highest BCUT2D eigenvalue weighted by Gasteiger charge is 2.25. The number of benzene rings is 2. The third-order valence-corrected chi connectivity index (χ3v) is 5.67. The third kappa shape index (κ3) is 3.34. The van der Waals surface area contributed by atoms with Crippen molar-refractivity contribution in [3.8, 4) is 0 Å². The minimum atomic E-state index is -3.63. The van der Waals surface area contributed by atoms with E-state index in [4.69, 9.17) is 0 Å². The van der Waals surface area contributed by atoms with Gasteiger partial charge in [-0.2, -0.15) is 0 Å². The number of nitrogens with one attached hydrogen (secondary N) is 2. The summed E-state index contributed by atoms with van der Waals surface area (Å²) in [6, 6.07) is 14.5. The van der Waals surface area contributed by atoms with Gasteiger partial charge < -0.3 is 5.32 Å². The quantitative estimate of drug-likeness (QED) is 0.875. The zero-order valence-corrected chi connectivity index (χ0v) is 14.5. The first kappa shape index (κ1) is 16.7. The van der Waals surface area contributed by atoms with Crippen LogP contribution in [0.3, 0.4) is 0 Å². The Morgan fingerprint density at radius 2 is 1.83 bits per heavy atom. The van der Waals surface area contributed by atoms with Gasteiger partial charge in [-0.05, 0) is 29.3 Å². The monoisotopic (exact) mass is 344 g/mol. The molecule has 2 aromatic rings. The Morgan fingerprint density at radius 3 is 2.54 bits per heavy atom. The first-order chi connectivity index (χ1) is 11.3. The van der Waals surface area contributed by atoms with E-state index >= 15 is 0 Å². The van der Waals surface area contributed by atoms with Gasteiger partial charge in [-0.25, -0.2) is 13.1 Å². The predicted molar refractivity (Wildman–Crippen MR) is 93.4 cm³/mol. The minimum Gasteiger partial charge on any atom is -0.326 e. The summed E-state index contributed by atoms with van der Waals surface area (Å²) >= 11 is 0. The van der Waals surface area contributed by atoms with Gasteiger partial charge in [-0.1, -0.05) is 44.2 Å². The summed E-state index contributed by atoms with van der Waals surface area (Å²) in [5, 5.41) is 2.70. The molecule has 3 rings (SSSR count). The molecular formula is C18H20N2O3S. The van der Waals surface area contributed by atoms with Crippen molar-refractivity contribution in [1.82, 2.24) is 4.72 Å². The summed E-state index contributed by atoms with van der Waals surface area (Å²) in [7, 11) is -3.63. The topological polar surface area (TPSA) is 75.3 Å². The molecule has 24 heavy (non-hydrogen) atoms. The molecule has 0 aliphatic carbocycles. The first-order valence-corrected chi connectivity index (χ1v) is 9.24. The Balaban J connectivity index is 1.78. The van der Waals surface area contributed by atoms with Gasteiger partial charge >= 0.3 is 0 Å². The van der Waals surface area contributed by atoms with E-state index in [2.05, 4.69) is 10.0 Å². The Kier molecular flexibility index (Phi) is 4.19. The molecule has 2 aromatic carbocycles. The van der Waals surface area contributed by atoms with Crippen molar-refractivity contribution in [3.05, 3.63) is 59.7 Å². The van der Waals surface area contributed by atoms with Gasteiger partial charge in [0, 0.05) is 17.6 Å². The van der Waals surface area contributed by atoms with Gasteiger partial charge in [0.05, 0.1) is 11.3 Å². The summed E-state index contributed by atoms with van der Waals surface area (Å²) in [6.45, 7) is 4.28. The van der Waals surface area contributed by atoms with Crippen LogP contribution in [-0.4, -0.2) is 20.9 Å². The van der Waals surface area contributed by atoms with Crippen LogP contribution < -0.4 is 10.0 Å². The average Bonchev–Trinajstić information content (AvgIpc) is 2.93. The molecule has 0 fully saturated rings. The number of sulfonamides is 1. The Morgan fingerprint density at radius 1 is 1.12 bits per heavy atom. The van der Waals surface area contributed by atoms with Crippen LogP contribution in [-0.2, 0) is 26.7 Å². The largest absolute Gasteiger partial charge is 0.326 e. The van der Waals surface area contributed by atoms with Crippen molar-refractivity contribution in [1.29, 1.82) is 0 Å². The van der Waals surface area contributed by atoms with Gasteiger partial charge in [-0.3, -0.25) is 4.79 Å². The summed E-state index contributed by atoms with van der Waals surface area (Å²) < 4.78 is 27.8. The van der Waals surface area contributed by atoms with Crippen LogP contribution in [0.4, 0.5) is 5.69 Å². The maximum atomic E-state index is 12.6. The van der Waals surface area contributed by atoms with Gasteiger partial charge in [-0.15, -0.1) is 0 Å². The molecule has 0 aromatic heterocycles. The van der Waals surface area contributed by atoms with E-state index in [1.807, 2.05) is 44.2 Å². The van der Waals surface area contributed by atoms with Crippen LogP contribution in [0.15, 0.2) is 53.4 Å². The lowest BCUT2D eigenvalue weighted by molar-refractivity contribution is -0.115. The lowest BCUT2D eigenvalue weighted by atomic mass is 9.85. The zero-order chi connectivity index (χ0) is 17.4. The molecule has 5 nitrogen and oxygen atoms in total. The van der Waals surface area contributed by atoms with E-state index in [0.717, 1.165) is 5.56 Å². The fourth-order valence-corrected chi connectivity index (χ4v) is 3.99. The number of hydrogen-bond donors (Lipinski definition) is 2. The van der Waals surface area contributed by atoms with Crippen LogP contribution in [0, 0.1) is 0 Å². The Bertz CT molecular complexity index is 874. The lowest BCUT2D eigenvalue weighted by Crippen LogP contribution is -2.36. The Labute approximate surface area is 142 Å². The SMILES string of the molecule is CC(C)(CNS(=O)(=O)c1ccc2c(c1)CC(=O)N2)c1ccccc1. The van der Waals surface area contributed by atoms with Gasteiger partial charge in [0.2, 0.25) is 15.9 Å².